The van der Waals surface area contributed by atoms with Crippen LogP contribution in [0.4, 0.5) is 0 Å². The van der Waals surface area contributed by atoms with Gasteiger partial charge < -0.3 is 5.11 Å². The third-order valence-electron chi connectivity index (χ3n) is 5.45. The van der Waals surface area contributed by atoms with E-state index >= 15 is 0 Å². The van der Waals surface area contributed by atoms with E-state index in [9.17, 15) is 4.79 Å². The fourth-order valence-corrected chi connectivity index (χ4v) is 4.26. The number of carbonyl (C=O) groups is 1. The van der Waals surface area contributed by atoms with Crippen LogP contribution in [0.3, 0.4) is 0 Å². The average Bonchev–Trinajstić information content (AvgIpc) is 2.47. The molecule has 0 radical (unpaired) electrons. The number of rotatable bonds is 2. The normalized spacial score (nSPS) is 44.3. The molecule has 0 aromatic heterocycles. The zero-order valence-electron chi connectivity index (χ0n) is 9.59. The first-order valence-corrected chi connectivity index (χ1v) is 6.11. The number of fused-ring (bicyclic) bond motifs is 2. The molecule has 0 spiro atoms. The van der Waals surface area contributed by atoms with E-state index in [0.29, 0.717) is 5.92 Å². The molecule has 4 atom stereocenters. The summed E-state index contributed by atoms with van der Waals surface area (Å²) in [5.41, 5.74) is 0.364. The summed E-state index contributed by atoms with van der Waals surface area (Å²) >= 11 is 6.03. The summed E-state index contributed by atoms with van der Waals surface area (Å²) in [5.74, 6) is -0.0511. The Morgan fingerprint density at radius 2 is 2.07 bits per heavy atom. The van der Waals surface area contributed by atoms with E-state index in [4.69, 9.17) is 16.7 Å². The van der Waals surface area contributed by atoms with E-state index in [1.807, 2.05) is 0 Å². The van der Waals surface area contributed by atoms with Gasteiger partial charge in [-0.3, -0.25) is 4.79 Å². The Morgan fingerprint density at radius 3 is 2.40 bits per heavy atom. The number of carboxylic acids is 1. The smallest absolute Gasteiger partial charge is 0.321 e. The fourth-order valence-electron chi connectivity index (χ4n) is 3.88. The van der Waals surface area contributed by atoms with Gasteiger partial charge in [0, 0.05) is 0 Å². The highest BCUT2D eigenvalue weighted by Gasteiger charge is 2.63. The monoisotopic (exact) mass is 230 g/mol. The van der Waals surface area contributed by atoms with Crippen LogP contribution >= 0.6 is 11.6 Å². The van der Waals surface area contributed by atoms with Gasteiger partial charge in [-0.05, 0) is 41.9 Å². The molecule has 0 aliphatic heterocycles. The molecule has 2 rings (SSSR count). The SMILES string of the molecule is CC1(C)[C@@H]2CC[C@]1(C)[C@@H](C(Cl)C(=O)O)C2. The van der Waals surface area contributed by atoms with E-state index in [1.165, 1.54) is 6.42 Å². The topological polar surface area (TPSA) is 37.3 Å². The van der Waals surface area contributed by atoms with Gasteiger partial charge >= 0.3 is 5.97 Å². The lowest BCUT2D eigenvalue weighted by Crippen LogP contribution is -2.39. The predicted octanol–water partition coefficient (Wildman–Crippen LogP) is 3.14. The van der Waals surface area contributed by atoms with E-state index in [-0.39, 0.29) is 16.7 Å². The zero-order chi connectivity index (χ0) is 11.4. The maximum atomic E-state index is 11.0. The molecule has 0 aromatic carbocycles. The van der Waals surface area contributed by atoms with Crippen LogP contribution in [0.2, 0.25) is 0 Å². The van der Waals surface area contributed by atoms with Crippen molar-refractivity contribution in [1.29, 1.82) is 0 Å². The summed E-state index contributed by atoms with van der Waals surface area (Å²) in [5, 5.41) is 8.31. The third kappa shape index (κ3) is 1.27. The van der Waals surface area contributed by atoms with Gasteiger partial charge in [0.1, 0.15) is 5.38 Å². The quantitative estimate of drug-likeness (QED) is 0.740. The molecular weight excluding hydrogens is 212 g/mol. The van der Waals surface area contributed by atoms with Gasteiger partial charge in [-0.2, -0.15) is 0 Å². The fraction of sp³-hybridized carbons (Fsp3) is 0.917. The lowest BCUT2D eigenvalue weighted by atomic mass is 9.66. The molecule has 0 saturated heterocycles. The summed E-state index contributed by atoms with van der Waals surface area (Å²) in [6, 6.07) is 0. The van der Waals surface area contributed by atoms with Crippen molar-refractivity contribution in [1.82, 2.24) is 0 Å². The molecule has 2 nitrogen and oxygen atoms in total. The van der Waals surface area contributed by atoms with Gasteiger partial charge in [0.15, 0.2) is 0 Å². The summed E-state index contributed by atoms with van der Waals surface area (Å²) < 4.78 is 0. The number of aliphatic carboxylic acids is 1. The molecule has 15 heavy (non-hydrogen) atoms. The number of carboxylic acid groups (broad SMARTS) is 1. The minimum atomic E-state index is -0.855. The van der Waals surface area contributed by atoms with Gasteiger partial charge in [-0.1, -0.05) is 20.8 Å². The minimum Gasteiger partial charge on any atom is -0.480 e. The number of halogens is 1. The molecule has 2 aliphatic rings. The second kappa shape index (κ2) is 3.13. The van der Waals surface area contributed by atoms with Crippen molar-refractivity contribution in [2.75, 3.05) is 0 Å². The van der Waals surface area contributed by atoms with Crippen LogP contribution in [0.5, 0.6) is 0 Å². The highest BCUT2D eigenvalue weighted by atomic mass is 35.5. The minimum absolute atomic E-state index is 0.114. The summed E-state index contributed by atoms with van der Waals surface area (Å²) in [6.07, 6.45) is 3.36. The number of hydrogen-bond acceptors (Lipinski definition) is 1. The van der Waals surface area contributed by atoms with Crippen LogP contribution in [0.1, 0.15) is 40.0 Å². The molecule has 1 N–H and O–H groups in total. The highest BCUT2D eigenvalue weighted by molar-refractivity contribution is 6.29. The van der Waals surface area contributed by atoms with E-state index in [1.54, 1.807) is 0 Å². The first-order chi connectivity index (χ1) is 6.80. The van der Waals surface area contributed by atoms with Gasteiger partial charge in [0.25, 0.3) is 0 Å². The molecule has 1 unspecified atom stereocenters. The second-order valence-electron chi connectivity index (χ2n) is 5.96. The van der Waals surface area contributed by atoms with Crippen LogP contribution in [0.15, 0.2) is 0 Å². The van der Waals surface area contributed by atoms with Gasteiger partial charge in [0.2, 0.25) is 0 Å². The Labute approximate surface area is 96.0 Å². The molecule has 86 valence electrons. The predicted molar refractivity (Wildman–Crippen MR) is 60.0 cm³/mol. The molecular formula is C12H19ClO2. The summed E-state index contributed by atoms with van der Waals surface area (Å²) in [4.78, 5) is 11.0. The van der Waals surface area contributed by atoms with Gasteiger partial charge in [0.05, 0.1) is 0 Å². The Morgan fingerprint density at radius 1 is 1.47 bits per heavy atom. The Bertz CT molecular complexity index is 300. The van der Waals surface area contributed by atoms with Gasteiger partial charge in [-0.15, -0.1) is 11.6 Å². The molecule has 3 heteroatoms. The maximum Gasteiger partial charge on any atom is 0.321 e. The van der Waals surface area contributed by atoms with E-state index < -0.39 is 11.3 Å². The van der Waals surface area contributed by atoms with Gasteiger partial charge in [-0.25, -0.2) is 0 Å². The van der Waals surface area contributed by atoms with Crippen molar-refractivity contribution in [3.8, 4) is 0 Å². The summed E-state index contributed by atoms with van der Waals surface area (Å²) in [7, 11) is 0. The molecule has 2 aliphatic carbocycles. The maximum absolute atomic E-state index is 11.0. The van der Waals surface area contributed by atoms with Crippen molar-refractivity contribution in [3.05, 3.63) is 0 Å². The number of hydrogen-bond donors (Lipinski definition) is 1. The molecule has 2 fully saturated rings. The largest absolute Gasteiger partial charge is 0.480 e. The second-order valence-corrected chi connectivity index (χ2v) is 6.43. The molecule has 2 bridgehead atoms. The van der Waals surface area contributed by atoms with Crippen molar-refractivity contribution >= 4 is 17.6 Å². The standard InChI is InChI=1S/C12H19ClO2/c1-11(2)7-4-5-12(11,3)8(6-7)9(13)10(14)15/h7-9H,4-6H2,1-3H3,(H,14,15)/t7-,8-,9?,12-/m1/s1. The van der Waals surface area contributed by atoms with Crippen LogP contribution in [-0.4, -0.2) is 16.5 Å². The Kier molecular flexibility index (Phi) is 2.35. The van der Waals surface area contributed by atoms with Crippen molar-refractivity contribution < 1.29 is 9.90 Å². The molecule has 0 aromatic rings. The Balaban J connectivity index is 2.30. The molecule has 0 heterocycles. The Hall–Kier alpha value is -0.240. The van der Waals surface area contributed by atoms with Crippen molar-refractivity contribution in [3.63, 3.8) is 0 Å². The third-order valence-corrected chi connectivity index (χ3v) is 5.94. The highest BCUT2D eigenvalue weighted by Crippen LogP contribution is 2.69. The van der Waals surface area contributed by atoms with E-state index in [2.05, 4.69) is 20.8 Å². The van der Waals surface area contributed by atoms with Crippen LogP contribution in [0.25, 0.3) is 0 Å². The van der Waals surface area contributed by atoms with Crippen LogP contribution in [0, 0.1) is 22.7 Å². The van der Waals surface area contributed by atoms with E-state index in [0.717, 1.165) is 12.8 Å². The van der Waals surface area contributed by atoms with Crippen LogP contribution < -0.4 is 0 Å². The summed E-state index contributed by atoms with van der Waals surface area (Å²) in [6.45, 7) is 6.77. The number of alkyl halides is 1. The van der Waals surface area contributed by atoms with Crippen molar-refractivity contribution in [2.24, 2.45) is 22.7 Å². The zero-order valence-corrected chi connectivity index (χ0v) is 10.3. The van der Waals surface area contributed by atoms with Crippen molar-refractivity contribution in [2.45, 2.75) is 45.4 Å². The lowest BCUT2D eigenvalue weighted by Gasteiger charge is -2.40. The lowest BCUT2D eigenvalue weighted by molar-refractivity contribution is -0.138. The first kappa shape index (κ1) is 11.3. The molecule has 2 saturated carbocycles. The van der Waals surface area contributed by atoms with Crippen LogP contribution in [-0.2, 0) is 4.79 Å². The molecule has 0 amide bonds. The first-order valence-electron chi connectivity index (χ1n) is 5.67. The average molecular weight is 231 g/mol.